The third-order valence-electron chi connectivity index (χ3n) is 3.00. The maximum Gasteiger partial charge on any atom is 0.0233 e. The Labute approximate surface area is 114 Å². The summed E-state index contributed by atoms with van der Waals surface area (Å²) >= 11 is 0. The van der Waals surface area contributed by atoms with Crippen LogP contribution >= 0.6 is 0 Å². The van der Waals surface area contributed by atoms with Crippen LogP contribution in [0, 0.1) is 0 Å². The fourth-order valence-corrected chi connectivity index (χ4v) is 2.15. The van der Waals surface area contributed by atoms with Crippen molar-refractivity contribution in [3.8, 4) is 0 Å². The van der Waals surface area contributed by atoms with Crippen LogP contribution in [0.5, 0.6) is 0 Å². The number of benzene rings is 1. The van der Waals surface area contributed by atoms with E-state index in [1.54, 1.807) is 0 Å². The van der Waals surface area contributed by atoms with E-state index < -0.39 is 0 Å². The van der Waals surface area contributed by atoms with Gasteiger partial charge < -0.3 is 0 Å². The largest absolute Gasteiger partial charge is 0.299 e. The van der Waals surface area contributed by atoms with Gasteiger partial charge in [-0.1, -0.05) is 58.9 Å². The van der Waals surface area contributed by atoms with Crippen molar-refractivity contribution in [1.82, 2.24) is 4.90 Å². The molecule has 104 valence electrons. The van der Waals surface area contributed by atoms with Crippen molar-refractivity contribution in [2.24, 2.45) is 0 Å². The van der Waals surface area contributed by atoms with Gasteiger partial charge in [0.05, 0.1) is 0 Å². The van der Waals surface area contributed by atoms with Crippen LogP contribution in [0.2, 0.25) is 0 Å². The number of hydrogen-bond acceptors (Lipinski definition) is 1. The van der Waals surface area contributed by atoms with E-state index in [4.69, 9.17) is 0 Å². The molecule has 0 unspecified atom stereocenters. The zero-order chi connectivity index (χ0) is 13.8. The maximum absolute atomic E-state index is 2.55. The van der Waals surface area contributed by atoms with Crippen molar-refractivity contribution >= 4 is 0 Å². The molecule has 0 radical (unpaired) electrons. The van der Waals surface area contributed by atoms with Crippen LogP contribution in [0.3, 0.4) is 0 Å². The molecule has 0 spiro atoms. The summed E-state index contributed by atoms with van der Waals surface area (Å²) in [6.07, 6.45) is 3.91. The van der Waals surface area contributed by atoms with Crippen LogP contribution in [-0.2, 0) is 13.0 Å². The minimum Gasteiger partial charge on any atom is -0.299 e. The zero-order valence-electron chi connectivity index (χ0n) is 13.0. The van der Waals surface area contributed by atoms with E-state index in [0.29, 0.717) is 0 Å². The summed E-state index contributed by atoms with van der Waals surface area (Å²) in [6, 6.07) is 8.99. The molecule has 0 bridgehead atoms. The van der Waals surface area contributed by atoms with Gasteiger partial charge in [0.2, 0.25) is 0 Å². The highest BCUT2D eigenvalue weighted by Gasteiger charge is 2.11. The lowest BCUT2D eigenvalue weighted by Gasteiger charge is -2.14. The van der Waals surface area contributed by atoms with Crippen molar-refractivity contribution in [1.29, 1.82) is 0 Å². The number of likely N-dealkylation sites (tertiary alicyclic amines) is 1. The average Bonchev–Trinajstić information content (AvgIpc) is 2.96. The van der Waals surface area contributed by atoms with Gasteiger partial charge in [0.15, 0.2) is 0 Å². The molecule has 0 amide bonds. The topological polar surface area (TPSA) is 3.24 Å². The first-order valence-corrected chi connectivity index (χ1v) is 7.68. The van der Waals surface area contributed by atoms with Crippen molar-refractivity contribution in [3.05, 3.63) is 35.4 Å². The minimum atomic E-state index is 1.15. The lowest BCUT2D eigenvalue weighted by molar-refractivity contribution is 0.331. The number of nitrogens with zero attached hydrogens (tertiary/aromatic N) is 1. The van der Waals surface area contributed by atoms with E-state index in [-0.39, 0.29) is 0 Å². The van der Waals surface area contributed by atoms with Gasteiger partial charge in [0, 0.05) is 6.54 Å². The first-order valence-electron chi connectivity index (χ1n) is 7.68. The number of aryl methyl sites for hydroxylation is 1. The SMILES string of the molecule is CC.CC.CCc1cccc(CN2CCCC2)c1. The molecule has 1 aliphatic heterocycles. The summed E-state index contributed by atoms with van der Waals surface area (Å²) in [5, 5.41) is 0. The highest BCUT2D eigenvalue weighted by molar-refractivity contribution is 5.23. The Bertz CT molecular complexity index is 287. The molecule has 1 aliphatic rings. The Morgan fingerprint density at radius 1 is 0.944 bits per heavy atom. The summed E-state index contributed by atoms with van der Waals surface area (Å²) in [4.78, 5) is 2.55. The Morgan fingerprint density at radius 2 is 1.50 bits per heavy atom. The van der Waals surface area contributed by atoms with Gasteiger partial charge in [-0.3, -0.25) is 4.90 Å². The molecule has 0 aromatic heterocycles. The van der Waals surface area contributed by atoms with E-state index in [1.807, 2.05) is 27.7 Å². The van der Waals surface area contributed by atoms with Crippen molar-refractivity contribution < 1.29 is 0 Å². The fourth-order valence-electron chi connectivity index (χ4n) is 2.15. The second kappa shape index (κ2) is 11.3. The molecular formula is C17H31N. The molecule has 0 N–H and O–H groups in total. The summed E-state index contributed by atoms with van der Waals surface area (Å²) in [6.45, 7) is 13.9. The lowest BCUT2D eigenvalue weighted by Crippen LogP contribution is -2.18. The van der Waals surface area contributed by atoms with Crippen LogP contribution in [0.1, 0.15) is 58.6 Å². The molecular weight excluding hydrogens is 218 g/mol. The Kier molecular flexibility index (Phi) is 10.8. The first kappa shape index (κ1) is 17.2. The summed E-state index contributed by atoms with van der Waals surface area (Å²) in [5.41, 5.74) is 2.94. The first-order chi connectivity index (χ1) is 8.88. The zero-order valence-corrected chi connectivity index (χ0v) is 13.0. The van der Waals surface area contributed by atoms with Gasteiger partial charge in [0.1, 0.15) is 0 Å². The van der Waals surface area contributed by atoms with Crippen LogP contribution in [-0.4, -0.2) is 18.0 Å². The molecule has 1 fully saturated rings. The Morgan fingerprint density at radius 3 is 2.06 bits per heavy atom. The third-order valence-corrected chi connectivity index (χ3v) is 3.00. The lowest BCUT2D eigenvalue weighted by atomic mass is 10.1. The normalized spacial score (nSPS) is 14.3. The molecule has 2 rings (SSSR count). The summed E-state index contributed by atoms with van der Waals surface area (Å²) < 4.78 is 0. The van der Waals surface area contributed by atoms with Crippen molar-refractivity contribution in [3.63, 3.8) is 0 Å². The molecule has 1 aromatic carbocycles. The molecule has 0 aliphatic carbocycles. The molecule has 0 atom stereocenters. The van der Waals surface area contributed by atoms with Crippen LogP contribution < -0.4 is 0 Å². The van der Waals surface area contributed by atoms with Gasteiger partial charge in [-0.25, -0.2) is 0 Å². The van der Waals surface area contributed by atoms with E-state index in [2.05, 4.69) is 36.1 Å². The van der Waals surface area contributed by atoms with E-state index in [9.17, 15) is 0 Å². The predicted molar refractivity (Wildman–Crippen MR) is 83.0 cm³/mol. The smallest absolute Gasteiger partial charge is 0.0233 e. The fraction of sp³-hybridized carbons (Fsp3) is 0.647. The van der Waals surface area contributed by atoms with Crippen molar-refractivity contribution in [2.75, 3.05) is 13.1 Å². The molecule has 18 heavy (non-hydrogen) atoms. The summed E-state index contributed by atoms with van der Waals surface area (Å²) in [5.74, 6) is 0. The van der Waals surface area contributed by atoms with Gasteiger partial charge in [-0.05, 0) is 43.5 Å². The van der Waals surface area contributed by atoms with Crippen molar-refractivity contribution in [2.45, 2.75) is 60.4 Å². The third kappa shape index (κ3) is 6.20. The van der Waals surface area contributed by atoms with E-state index in [0.717, 1.165) is 13.0 Å². The van der Waals surface area contributed by atoms with Gasteiger partial charge in [0.25, 0.3) is 0 Å². The molecule has 1 aromatic rings. The van der Waals surface area contributed by atoms with Crippen LogP contribution in [0.4, 0.5) is 0 Å². The second-order valence-corrected chi connectivity index (χ2v) is 4.16. The average molecular weight is 249 g/mol. The highest BCUT2D eigenvalue weighted by atomic mass is 15.1. The highest BCUT2D eigenvalue weighted by Crippen LogP contribution is 2.13. The van der Waals surface area contributed by atoms with Gasteiger partial charge >= 0.3 is 0 Å². The monoisotopic (exact) mass is 249 g/mol. The number of hydrogen-bond donors (Lipinski definition) is 0. The van der Waals surface area contributed by atoms with Crippen LogP contribution in [0.25, 0.3) is 0 Å². The minimum absolute atomic E-state index is 1.15. The molecule has 1 heteroatoms. The van der Waals surface area contributed by atoms with Crippen LogP contribution in [0.15, 0.2) is 24.3 Å². The molecule has 1 heterocycles. The maximum atomic E-state index is 2.55. The predicted octanol–water partition coefficient (Wildman–Crippen LogP) is 4.90. The molecule has 0 saturated carbocycles. The van der Waals surface area contributed by atoms with Gasteiger partial charge in [-0.15, -0.1) is 0 Å². The summed E-state index contributed by atoms with van der Waals surface area (Å²) in [7, 11) is 0. The molecule has 1 nitrogen and oxygen atoms in total. The van der Waals surface area contributed by atoms with E-state index >= 15 is 0 Å². The van der Waals surface area contributed by atoms with E-state index in [1.165, 1.54) is 37.1 Å². The van der Waals surface area contributed by atoms with Gasteiger partial charge in [-0.2, -0.15) is 0 Å². The number of rotatable bonds is 3. The second-order valence-electron chi connectivity index (χ2n) is 4.16. The standard InChI is InChI=1S/C13H19N.2C2H6/c1-2-12-6-5-7-13(10-12)11-14-8-3-4-9-14;2*1-2/h5-7,10H,2-4,8-9,11H2,1H3;2*1-2H3. The quantitative estimate of drug-likeness (QED) is 0.736. The Hall–Kier alpha value is -0.820. The Balaban J connectivity index is 0.000000659. The molecule has 1 saturated heterocycles.